The van der Waals surface area contributed by atoms with Gasteiger partial charge in [0.15, 0.2) is 0 Å². The molecular weight excluding hydrogens is 196 g/mol. The first-order valence-corrected chi connectivity index (χ1v) is 7.15. The van der Waals surface area contributed by atoms with E-state index in [0.717, 1.165) is 30.8 Å². The Balaban J connectivity index is 1.72. The van der Waals surface area contributed by atoms with Gasteiger partial charge in [-0.3, -0.25) is 0 Å². The van der Waals surface area contributed by atoms with Gasteiger partial charge < -0.3 is 11.1 Å². The molecule has 0 aromatic rings. The maximum atomic E-state index is 5.61. The van der Waals surface area contributed by atoms with Crippen LogP contribution in [0.25, 0.3) is 0 Å². The van der Waals surface area contributed by atoms with Gasteiger partial charge in [0, 0.05) is 19.1 Å². The minimum absolute atomic E-state index is 0.643. The third-order valence-electron chi connectivity index (χ3n) is 5.60. The van der Waals surface area contributed by atoms with Crippen LogP contribution in [0, 0.1) is 23.2 Å². The molecule has 2 heteroatoms. The fraction of sp³-hybridized carbons (Fsp3) is 1.00. The molecule has 4 rings (SSSR count). The summed E-state index contributed by atoms with van der Waals surface area (Å²) in [7, 11) is 0. The van der Waals surface area contributed by atoms with E-state index < -0.39 is 0 Å². The minimum Gasteiger partial charge on any atom is -0.329 e. The second-order valence-electron chi connectivity index (χ2n) is 6.74. The Morgan fingerprint density at radius 1 is 1.12 bits per heavy atom. The molecule has 4 bridgehead atoms. The molecule has 2 nitrogen and oxygen atoms in total. The van der Waals surface area contributed by atoms with Crippen molar-refractivity contribution in [2.45, 2.75) is 51.5 Å². The molecule has 92 valence electrons. The average Bonchev–Trinajstić information content (AvgIpc) is 2.24. The topological polar surface area (TPSA) is 38.0 Å². The van der Waals surface area contributed by atoms with Gasteiger partial charge in [-0.15, -0.1) is 0 Å². The lowest BCUT2D eigenvalue weighted by Crippen LogP contribution is -2.55. The van der Waals surface area contributed by atoms with Gasteiger partial charge in [0.05, 0.1) is 0 Å². The van der Waals surface area contributed by atoms with E-state index in [1.807, 2.05) is 0 Å². The van der Waals surface area contributed by atoms with E-state index in [1.54, 1.807) is 19.3 Å². The van der Waals surface area contributed by atoms with Gasteiger partial charge in [0.2, 0.25) is 0 Å². The Hall–Kier alpha value is -0.0800. The van der Waals surface area contributed by atoms with Crippen molar-refractivity contribution >= 4 is 0 Å². The molecule has 4 aliphatic rings. The number of nitrogens with one attached hydrogen (secondary N) is 1. The van der Waals surface area contributed by atoms with Crippen LogP contribution in [-0.4, -0.2) is 19.1 Å². The van der Waals surface area contributed by atoms with E-state index in [4.69, 9.17) is 5.73 Å². The summed E-state index contributed by atoms with van der Waals surface area (Å²) < 4.78 is 0. The first kappa shape index (κ1) is 11.0. The summed E-state index contributed by atoms with van der Waals surface area (Å²) in [5, 5.41) is 3.66. The van der Waals surface area contributed by atoms with Crippen molar-refractivity contribution in [3.8, 4) is 0 Å². The molecule has 0 spiro atoms. The Kier molecular flexibility index (Phi) is 2.75. The zero-order valence-electron chi connectivity index (χ0n) is 10.5. The average molecular weight is 222 g/mol. The van der Waals surface area contributed by atoms with Crippen molar-refractivity contribution in [3.05, 3.63) is 0 Å². The lowest BCUT2D eigenvalue weighted by molar-refractivity contribution is -0.0701. The highest BCUT2D eigenvalue weighted by Crippen LogP contribution is 2.61. The predicted molar refractivity (Wildman–Crippen MR) is 67.1 cm³/mol. The van der Waals surface area contributed by atoms with Crippen LogP contribution in [0.1, 0.15) is 45.4 Å². The monoisotopic (exact) mass is 222 g/mol. The molecule has 1 unspecified atom stereocenters. The highest BCUT2D eigenvalue weighted by Gasteiger charge is 2.52. The fourth-order valence-electron chi connectivity index (χ4n) is 5.22. The first-order valence-electron chi connectivity index (χ1n) is 7.15. The van der Waals surface area contributed by atoms with Gasteiger partial charge in [-0.1, -0.05) is 0 Å². The lowest BCUT2D eigenvalue weighted by Gasteiger charge is -2.59. The summed E-state index contributed by atoms with van der Waals surface area (Å²) in [5.74, 6) is 3.19. The van der Waals surface area contributed by atoms with Gasteiger partial charge in [0.25, 0.3) is 0 Å². The lowest BCUT2D eigenvalue weighted by atomic mass is 9.48. The molecule has 0 amide bonds. The molecule has 0 saturated heterocycles. The van der Waals surface area contributed by atoms with Gasteiger partial charge in [-0.05, 0) is 68.6 Å². The summed E-state index contributed by atoms with van der Waals surface area (Å²) >= 11 is 0. The zero-order chi connectivity index (χ0) is 11.2. The number of nitrogens with two attached hydrogens (primary N) is 1. The predicted octanol–water partition coefficient (Wildman–Crippen LogP) is 2.14. The maximum Gasteiger partial charge on any atom is 0.00960 e. The minimum atomic E-state index is 0.643. The quantitative estimate of drug-likeness (QED) is 0.765. The second kappa shape index (κ2) is 3.99. The second-order valence-corrected chi connectivity index (χ2v) is 6.74. The van der Waals surface area contributed by atoms with Crippen LogP contribution < -0.4 is 11.1 Å². The molecule has 4 fully saturated rings. The van der Waals surface area contributed by atoms with Crippen LogP contribution in [0.4, 0.5) is 0 Å². The van der Waals surface area contributed by atoms with Gasteiger partial charge in [0.1, 0.15) is 0 Å². The third-order valence-corrected chi connectivity index (χ3v) is 5.60. The molecule has 0 aromatic heterocycles. The Labute approximate surface area is 99.4 Å². The Morgan fingerprint density at radius 2 is 1.62 bits per heavy atom. The Bertz CT molecular complexity index is 226. The molecule has 3 N–H and O–H groups in total. The molecular formula is C14H26N2. The number of rotatable bonds is 4. The largest absolute Gasteiger partial charge is 0.329 e. The van der Waals surface area contributed by atoms with E-state index in [1.165, 1.54) is 19.3 Å². The van der Waals surface area contributed by atoms with E-state index >= 15 is 0 Å². The molecule has 4 aliphatic carbocycles. The highest BCUT2D eigenvalue weighted by atomic mass is 14.9. The van der Waals surface area contributed by atoms with Gasteiger partial charge >= 0.3 is 0 Å². The number of hydrogen-bond donors (Lipinski definition) is 2. The molecule has 1 atom stereocenters. The summed E-state index contributed by atoms with van der Waals surface area (Å²) in [5.41, 5.74) is 6.25. The van der Waals surface area contributed by atoms with Crippen molar-refractivity contribution in [1.82, 2.24) is 5.32 Å². The van der Waals surface area contributed by atoms with Crippen LogP contribution in [0.5, 0.6) is 0 Å². The summed E-state index contributed by atoms with van der Waals surface area (Å²) in [6.45, 7) is 4.17. The number of hydrogen-bond acceptors (Lipinski definition) is 2. The standard InChI is InChI=1S/C14H26N2/c1-10(16-3-2-15)14-7-11-4-12(8-14)6-13(5-11)9-14/h10-13,16H,2-9,15H2,1H3. The third kappa shape index (κ3) is 1.70. The molecule has 4 saturated carbocycles. The summed E-state index contributed by atoms with van der Waals surface area (Å²) in [4.78, 5) is 0. The molecule has 0 heterocycles. The van der Waals surface area contributed by atoms with Crippen LogP contribution in [-0.2, 0) is 0 Å². The van der Waals surface area contributed by atoms with E-state index in [2.05, 4.69) is 12.2 Å². The van der Waals surface area contributed by atoms with Crippen molar-refractivity contribution in [2.75, 3.05) is 13.1 Å². The van der Waals surface area contributed by atoms with Crippen LogP contribution in [0.2, 0.25) is 0 Å². The van der Waals surface area contributed by atoms with E-state index in [-0.39, 0.29) is 0 Å². The van der Waals surface area contributed by atoms with Gasteiger partial charge in [-0.25, -0.2) is 0 Å². The summed E-state index contributed by atoms with van der Waals surface area (Å²) in [6, 6.07) is 0.685. The normalized spacial score (nSPS) is 47.2. The first-order chi connectivity index (χ1) is 7.72. The van der Waals surface area contributed by atoms with Crippen molar-refractivity contribution in [2.24, 2.45) is 28.9 Å². The molecule has 0 aliphatic heterocycles. The molecule has 0 radical (unpaired) electrons. The van der Waals surface area contributed by atoms with Crippen molar-refractivity contribution < 1.29 is 0 Å². The van der Waals surface area contributed by atoms with Crippen LogP contribution in [0.15, 0.2) is 0 Å². The fourth-order valence-corrected chi connectivity index (χ4v) is 5.22. The maximum absolute atomic E-state index is 5.61. The van der Waals surface area contributed by atoms with Crippen LogP contribution in [0.3, 0.4) is 0 Å². The smallest absolute Gasteiger partial charge is 0.00960 e. The summed E-state index contributed by atoms with van der Waals surface area (Å²) in [6.07, 6.45) is 9.13. The SMILES string of the molecule is CC(NCCN)C12CC3CC(CC(C3)C1)C2. The van der Waals surface area contributed by atoms with Gasteiger partial charge in [-0.2, -0.15) is 0 Å². The van der Waals surface area contributed by atoms with E-state index in [9.17, 15) is 0 Å². The van der Waals surface area contributed by atoms with Crippen LogP contribution >= 0.6 is 0 Å². The van der Waals surface area contributed by atoms with Crippen molar-refractivity contribution in [3.63, 3.8) is 0 Å². The highest BCUT2D eigenvalue weighted by molar-refractivity contribution is 5.05. The Morgan fingerprint density at radius 3 is 2.06 bits per heavy atom. The van der Waals surface area contributed by atoms with Crippen molar-refractivity contribution in [1.29, 1.82) is 0 Å². The zero-order valence-corrected chi connectivity index (χ0v) is 10.5. The molecule has 16 heavy (non-hydrogen) atoms. The van der Waals surface area contributed by atoms with E-state index in [0.29, 0.717) is 11.5 Å². The molecule has 0 aromatic carbocycles.